The fourth-order valence-electron chi connectivity index (χ4n) is 2.49. The number of fused-ring (bicyclic) bond motifs is 1. The third-order valence-corrected chi connectivity index (χ3v) is 4.08. The summed E-state index contributed by atoms with van der Waals surface area (Å²) < 4.78 is 0. The van der Waals surface area contributed by atoms with Gasteiger partial charge in [-0.2, -0.15) is 0 Å². The molecule has 3 rings (SSSR count). The van der Waals surface area contributed by atoms with Crippen LogP contribution in [0.5, 0.6) is 0 Å². The molecule has 0 aliphatic carbocycles. The molecular formula is C15H14N4O2S. The summed E-state index contributed by atoms with van der Waals surface area (Å²) in [7, 11) is 0. The van der Waals surface area contributed by atoms with E-state index in [0.29, 0.717) is 32.8 Å². The molecule has 0 fully saturated rings. The Balaban J connectivity index is 2.09. The number of carbonyl (C=O) groups excluding carboxylic acids is 2. The third kappa shape index (κ3) is 2.35. The first-order chi connectivity index (χ1) is 10.5. The van der Waals surface area contributed by atoms with Gasteiger partial charge in [0.1, 0.15) is 0 Å². The number of hydrogen-bond donors (Lipinski definition) is 3. The van der Waals surface area contributed by atoms with Gasteiger partial charge < -0.3 is 10.7 Å². The maximum absolute atomic E-state index is 12.3. The Morgan fingerprint density at radius 3 is 2.77 bits per heavy atom. The molecule has 0 unspecified atom stereocenters. The van der Waals surface area contributed by atoms with E-state index in [-0.39, 0.29) is 11.7 Å². The molecule has 3 aromatic rings. The molecule has 0 spiro atoms. The molecule has 0 saturated heterocycles. The Labute approximate surface area is 130 Å². The summed E-state index contributed by atoms with van der Waals surface area (Å²) in [6.45, 7) is 3.31. The van der Waals surface area contributed by atoms with Crippen LogP contribution in [0.15, 0.2) is 23.7 Å². The van der Waals surface area contributed by atoms with Crippen LogP contribution >= 0.6 is 11.3 Å². The van der Waals surface area contributed by atoms with Gasteiger partial charge in [-0.15, -0.1) is 11.3 Å². The van der Waals surface area contributed by atoms with Gasteiger partial charge >= 0.3 is 0 Å². The van der Waals surface area contributed by atoms with Crippen LogP contribution < -0.4 is 11.1 Å². The number of aromatic nitrogens is 2. The van der Waals surface area contributed by atoms with Crippen LogP contribution in [0, 0.1) is 6.92 Å². The second-order valence-corrected chi connectivity index (χ2v) is 5.86. The number of ketones is 1. The highest BCUT2D eigenvalue weighted by Crippen LogP contribution is 2.29. The zero-order valence-electron chi connectivity index (χ0n) is 12.1. The van der Waals surface area contributed by atoms with Gasteiger partial charge in [-0.3, -0.25) is 14.9 Å². The van der Waals surface area contributed by atoms with E-state index in [1.54, 1.807) is 23.7 Å². The third-order valence-electron chi connectivity index (χ3n) is 3.39. The molecule has 22 heavy (non-hydrogen) atoms. The number of aromatic amines is 1. The molecule has 0 aliphatic rings. The van der Waals surface area contributed by atoms with Crippen molar-refractivity contribution in [1.82, 2.24) is 9.97 Å². The molecule has 6 nitrogen and oxygen atoms in total. The van der Waals surface area contributed by atoms with Crippen molar-refractivity contribution in [2.75, 3.05) is 11.1 Å². The van der Waals surface area contributed by atoms with Gasteiger partial charge in [0.25, 0.3) is 5.91 Å². The lowest BCUT2D eigenvalue weighted by molar-refractivity contribution is 0.101. The number of anilines is 2. The minimum atomic E-state index is -0.308. The molecule has 1 aromatic carbocycles. The van der Waals surface area contributed by atoms with Gasteiger partial charge in [0.2, 0.25) is 0 Å². The summed E-state index contributed by atoms with van der Waals surface area (Å²) in [5.41, 5.74) is 8.81. The average Bonchev–Trinajstić information content (AvgIpc) is 3.05. The van der Waals surface area contributed by atoms with Crippen molar-refractivity contribution in [3.05, 3.63) is 40.5 Å². The van der Waals surface area contributed by atoms with E-state index in [1.807, 2.05) is 6.92 Å². The largest absolute Gasteiger partial charge is 0.397 e. The molecule has 7 heteroatoms. The van der Waals surface area contributed by atoms with Gasteiger partial charge in [0.05, 0.1) is 11.2 Å². The molecule has 0 bridgehead atoms. The number of Topliss-reactive ketones (excluding diaryl/α,β-unsaturated/α-hetero) is 1. The van der Waals surface area contributed by atoms with Crippen LogP contribution in [0.3, 0.4) is 0 Å². The lowest BCUT2D eigenvalue weighted by Crippen LogP contribution is -2.12. The Morgan fingerprint density at radius 2 is 2.14 bits per heavy atom. The zero-order valence-corrected chi connectivity index (χ0v) is 12.9. The number of nitrogens with two attached hydrogens (primary N) is 1. The van der Waals surface area contributed by atoms with E-state index in [1.165, 1.54) is 18.3 Å². The summed E-state index contributed by atoms with van der Waals surface area (Å²) in [6, 6.07) is 3.26. The van der Waals surface area contributed by atoms with Gasteiger partial charge in [0.15, 0.2) is 10.9 Å². The highest BCUT2D eigenvalue weighted by Gasteiger charge is 2.17. The number of H-pyrrole nitrogens is 1. The molecule has 0 atom stereocenters. The van der Waals surface area contributed by atoms with Crippen molar-refractivity contribution in [2.45, 2.75) is 13.8 Å². The van der Waals surface area contributed by atoms with E-state index in [4.69, 9.17) is 5.73 Å². The number of nitrogens with zero attached hydrogens (tertiary/aromatic N) is 1. The van der Waals surface area contributed by atoms with Crippen molar-refractivity contribution in [1.29, 1.82) is 0 Å². The van der Waals surface area contributed by atoms with Gasteiger partial charge in [0, 0.05) is 33.8 Å². The first-order valence-corrected chi connectivity index (χ1v) is 7.49. The van der Waals surface area contributed by atoms with Crippen LogP contribution in [-0.4, -0.2) is 21.7 Å². The molecule has 0 saturated carbocycles. The maximum atomic E-state index is 12.3. The van der Waals surface area contributed by atoms with E-state index >= 15 is 0 Å². The normalized spacial score (nSPS) is 10.8. The van der Waals surface area contributed by atoms with E-state index in [2.05, 4.69) is 15.3 Å². The summed E-state index contributed by atoms with van der Waals surface area (Å²) in [4.78, 5) is 31.2. The smallest absolute Gasteiger partial charge is 0.257 e. The second kappa shape index (κ2) is 5.27. The first-order valence-electron chi connectivity index (χ1n) is 6.61. The van der Waals surface area contributed by atoms with Crippen LogP contribution in [0.1, 0.15) is 33.3 Å². The standard InChI is InChI=1S/C15H14N4O2S/c1-7-12(8(2)20)10-5-9(6-11(16)13(10)18-7)14(21)19-15-17-3-4-22-15/h3-6,18H,16H2,1-2H3,(H,17,19,21). The predicted octanol–water partition coefficient (Wildman–Crippen LogP) is 2.97. The molecule has 112 valence electrons. The predicted molar refractivity (Wildman–Crippen MR) is 87.5 cm³/mol. The average molecular weight is 314 g/mol. The van der Waals surface area contributed by atoms with Gasteiger partial charge in [-0.25, -0.2) is 4.98 Å². The van der Waals surface area contributed by atoms with Crippen LogP contribution in [0.25, 0.3) is 10.9 Å². The Kier molecular flexibility index (Phi) is 3.42. The number of rotatable bonds is 3. The topological polar surface area (TPSA) is 101 Å². The highest BCUT2D eigenvalue weighted by atomic mass is 32.1. The summed E-state index contributed by atoms with van der Waals surface area (Å²) in [5.74, 6) is -0.377. The number of nitrogen functional groups attached to an aromatic ring is 1. The minimum absolute atomic E-state index is 0.0689. The second-order valence-electron chi connectivity index (χ2n) is 4.96. The monoisotopic (exact) mass is 314 g/mol. The van der Waals surface area contributed by atoms with Crippen molar-refractivity contribution < 1.29 is 9.59 Å². The zero-order chi connectivity index (χ0) is 15.9. The number of amides is 1. The van der Waals surface area contributed by atoms with Crippen LogP contribution in [0.4, 0.5) is 10.8 Å². The highest BCUT2D eigenvalue weighted by molar-refractivity contribution is 7.13. The van der Waals surface area contributed by atoms with Crippen molar-refractivity contribution in [3.63, 3.8) is 0 Å². The van der Waals surface area contributed by atoms with Crippen molar-refractivity contribution in [3.8, 4) is 0 Å². The van der Waals surface area contributed by atoms with Gasteiger partial charge in [-0.05, 0) is 26.0 Å². The van der Waals surface area contributed by atoms with Crippen molar-refractivity contribution >= 4 is 44.7 Å². The quantitative estimate of drug-likeness (QED) is 0.511. The Bertz CT molecular complexity index is 881. The fourth-order valence-corrected chi connectivity index (χ4v) is 3.02. The number of carbonyl (C=O) groups is 2. The summed E-state index contributed by atoms with van der Waals surface area (Å²) in [5, 5.41) is 5.65. The van der Waals surface area contributed by atoms with E-state index in [0.717, 1.165) is 5.69 Å². The van der Waals surface area contributed by atoms with Crippen LogP contribution in [-0.2, 0) is 0 Å². The molecule has 0 aliphatic heterocycles. The SMILES string of the molecule is CC(=O)c1c(C)[nH]c2c(N)cc(C(=O)Nc3nccs3)cc12. The Hall–Kier alpha value is -2.67. The number of benzene rings is 1. The molecule has 0 radical (unpaired) electrons. The van der Waals surface area contributed by atoms with Gasteiger partial charge in [-0.1, -0.05) is 0 Å². The number of thiazole rings is 1. The lowest BCUT2D eigenvalue weighted by Gasteiger charge is -2.05. The van der Waals surface area contributed by atoms with Crippen molar-refractivity contribution in [2.24, 2.45) is 0 Å². The Morgan fingerprint density at radius 1 is 1.36 bits per heavy atom. The summed E-state index contributed by atoms with van der Waals surface area (Å²) >= 11 is 1.33. The van der Waals surface area contributed by atoms with E-state index in [9.17, 15) is 9.59 Å². The number of aryl methyl sites for hydroxylation is 1. The van der Waals surface area contributed by atoms with E-state index < -0.39 is 0 Å². The lowest BCUT2D eigenvalue weighted by atomic mass is 10.0. The number of nitrogens with one attached hydrogen (secondary N) is 2. The van der Waals surface area contributed by atoms with Crippen LogP contribution in [0.2, 0.25) is 0 Å². The molecule has 4 N–H and O–H groups in total. The maximum Gasteiger partial charge on any atom is 0.257 e. The minimum Gasteiger partial charge on any atom is -0.397 e. The molecule has 2 aromatic heterocycles. The fraction of sp³-hybridized carbons (Fsp3) is 0.133. The molecular weight excluding hydrogens is 300 g/mol. The molecule has 1 amide bonds. The number of hydrogen-bond acceptors (Lipinski definition) is 5. The first kappa shape index (κ1) is 14.3. The molecule has 2 heterocycles. The summed E-state index contributed by atoms with van der Waals surface area (Å²) in [6.07, 6.45) is 1.61.